The van der Waals surface area contributed by atoms with Crippen LogP contribution >= 0.6 is 0 Å². The molecule has 0 aromatic carbocycles. The lowest BCUT2D eigenvalue weighted by Gasteiger charge is -2.33. The standard InChI is InChI=1S/C34H62F2O4/c1-7-11-15-19-23-29(35)33(5,27-21-17-13-9-3)39-31(37)25-26-32(38)40-34(6,28-22-18-14-10-4)30(36)24-20-16-12-8-2/h25-26,29-30H,7-24,27-28H2,1-6H3/b26-25+. The van der Waals surface area contributed by atoms with E-state index in [9.17, 15) is 9.59 Å². The minimum atomic E-state index is -1.28. The lowest BCUT2D eigenvalue weighted by atomic mass is 9.89. The first-order valence-corrected chi connectivity index (χ1v) is 16.5. The summed E-state index contributed by atoms with van der Waals surface area (Å²) in [7, 11) is 0. The van der Waals surface area contributed by atoms with E-state index in [2.05, 4.69) is 27.7 Å². The Kier molecular flexibility index (Phi) is 22.3. The molecule has 0 bridgehead atoms. The van der Waals surface area contributed by atoms with Crippen molar-refractivity contribution in [2.45, 2.75) is 194 Å². The highest BCUT2D eigenvalue weighted by atomic mass is 19.1. The first-order chi connectivity index (χ1) is 19.1. The van der Waals surface area contributed by atoms with Gasteiger partial charge in [-0.25, -0.2) is 18.4 Å². The van der Waals surface area contributed by atoms with Crippen molar-refractivity contribution in [1.29, 1.82) is 0 Å². The summed E-state index contributed by atoms with van der Waals surface area (Å²) in [6, 6.07) is 0. The summed E-state index contributed by atoms with van der Waals surface area (Å²) in [5.74, 6) is -1.54. The van der Waals surface area contributed by atoms with Crippen LogP contribution in [-0.4, -0.2) is 35.5 Å². The predicted octanol–water partition coefficient (Wildman–Crippen LogP) is 10.7. The Morgan fingerprint density at radius 2 is 0.850 bits per heavy atom. The Hall–Kier alpha value is -1.46. The van der Waals surface area contributed by atoms with Crippen molar-refractivity contribution >= 4 is 11.9 Å². The van der Waals surface area contributed by atoms with Gasteiger partial charge in [-0.1, -0.05) is 118 Å². The molecule has 0 aliphatic rings. The Morgan fingerprint density at radius 3 is 1.15 bits per heavy atom. The second-order valence-corrected chi connectivity index (χ2v) is 12.1. The third-order valence-electron chi connectivity index (χ3n) is 8.02. The Labute approximate surface area is 245 Å². The summed E-state index contributed by atoms with van der Waals surface area (Å²) in [6.45, 7) is 11.8. The average molecular weight is 573 g/mol. The minimum Gasteiger partial charge on any atom is -0.453 e. The second-order valence-electron chi connectivity index (χ2n) is 12.1. The van der Waals surface area contributed by atoms with Gasteiger partial charge in [-0.05, 0) is 52.4 Å². The zero-order valence-corrected chi connectivity index (χ0v) is 26.8. The summed E-state index contributed by atoms with van der Waals surface area (Å²) < 4.78 is 42.0. The van der Waals surface area contributed by atoms with Crippen LogP contribution in [0.25, 0.3) is 0 Å². The van der Waals surface area contributed by atoms with Gasteiger partial charge >= 0.3 is 11.9 Å². The highest BCUT2D eigenvalue weighted by Crippen LogP contribution is 2.31. The zero-order valence-electron chi connectivity index (χ0n) is 26.8. The van der Waals surface area contributed by atoms with E-state index in [1.165, 1.54) is 0 Å². The van der Waals surface area contributed by atoms with E-state index in [4.69, 9.17) is 9.47 Å². The number of halogens is 2. The van der Waals surface area contributed by atoms with E-state index >= 15 is 8.78 Å². The number of alkyl halides is 2. The topological polar surface area (TPSA) is 52.6 Å². The lowest BCUT2D eigenvalue weighted by Crippen LogP contribution is -2.42. The van der Waals surface area contributed by atoms with Gasteiger partial charge in [-0.15, -0.1) is 0 Å². The molecule has 40 heavy (non-hydrogen) atoms. The zero-order chi connectivity index (χ0) is 30.3. The number of hydrogen-bond donors (Lipinski definition) is 0. The van der Waals surface area contributed by atoms with Crippen LogP contribution < -0.4 is 0 Å². The molecule has 4 atom stereocenters. The molecule has 0 aliphatic heterocycles. The number of esters is 2. The molecule has 0 saturated heterocycles. The van der Waals surface area contributed by atoms with E-state index in [0.29, 0.717) is 25.7 Å². The maximum atomic E-state index is 15.3. The van der Waals surface area contributed by atoms with Crippen LogP contribution in [0.4, 0.5) is 8.78 Å². The SMILES string of the molecule is CCCCCCC(F)C(C)(CCCCCC)OC(=O)/C=C/C(=O)OC(C)(CCCCCC)C(F)CCCCCC. The first kappa shape index (κ1) is 38.5. The second kappa shape index (κ2) is 23.1. The molecule has 4 unspecified atom stereocenters. The number of unbranched alkanes of at least 4 members (excludes halogenated alkanes) is 12. The fraction of sp³-hybridized carbons (Fsp3) is 0.882. The van der Waals surface area contributed by atoms with Gasteiger partial charge in [0.1, 0.15) is 23.5 Å². The van der Waals surface area contributed by atoms with Crippen LogP contribution in [0, 0.1) is 0 Å². The van der Waals surface area contributed by atoms with Crippen molar-refractivity contribution in [2.24, 2.45) is 0 Å². The van der Waals surface area contributed by atoms with E-state index in [0.717, 1.165) is 115 Å². The normalized spacial score (nSPS) is 16.3. The molecule has 0 aromatic rings. The van der Waals surface area contributed by atoms with Crippen molar-refractivity contribution in [1.82, 2.24) is 0 Å². The maximum Gasteiger partial charge on any atom is 0.331 e. The van der Waals surface area contributed by atoms with Crippen molar-refractivity contribution in [3.05, 3.63) is 12.2 Å². The number of carbonyl (C=O) groups excluding carboxylic acids is 2. The largest absolute Gasteiger partial charge is 0.453 e. The van der Waals surface area contributed by atoms with Gasteiger partial charge in [0.15, 0.2) is 0 Å². The Bertz CT molecular complexity index is 627. The molecule has 0 saturated carbocycles. The molecule has 0 radical (unpaired) electrons. The van der Waals surface area contributed by atoms with Crippen LogP contribution in [0.15, 0.2) is 12.2 Å². The molecular weight excluding hydrogens is 510 g/mol. The summed E-state index contributed by atoms with van der Waals surface area (Å²) in [5.41, 5.74) is -2.50. The van der Waals surface area contributed by atoms with Crippen molar-refractivity contribution in [2.75, 3.05) is 0 Å². The van der Waals surface area contributed by atoms with Crippen LogP contribution in [0.5, 0.6) is 0 Å². The first-order valence-electron chi connectivity index (χ1n) is 16.5. The molecule has 0 aliphatic carbocycles. The minimum absolute atomic E-state index is 0.343. The molecule has 0 spiro atoms. The van der Waals surface area contributed by atoms with Gasteiger partial charge in [0.05, 0.1) is 0 Å². The fourth-order valence-corrected chi connectivity index (χ4v) is 5.12. The van der Waals surface area contributed by atoms with Crippen molar-refractivity contribution in [3.8, 4) is 0 Å². The van der Waals surface area contributed by atoms with Gasteiger partial charge in [0.25, 0.3) is 0 Å². The number of carbonyl (C=O) groups is 2. The molecule has 0 N–H and O–H groups in total. The van der Waals surface area contributed by atoms with Crippen molar-refractivity contribution < 1.29 is 27.8 Å². The van der Waals surface area contributed by atoms with Gasteiger partial charge in [0.2, 0.25) is 0 Å². The summed E-state index contributed by atoms with van der Waals surface area (Å²) in [4.78, 5) is 25.4. The number of ether oxygens (including phenoxy) is 2. The van der Waals surface area contributed by atoms with Gasteiger partial charge in [-0.2, -0.15) is 0 Å². The smallest absolute Gasteiger partial charge is 0.331 e. The van der Waals surface area contributed by atoms with Gasteiger partial charge in [0, 0.05) is 12.2 Å². The quantitative estimate of drug-likeness (QED) is 0.0588. The molecule has 0 fully saturated rings. The summed E-state index contributed by atoms with van der Waals surface area (Å²) in [6.07, 6.45) is 16.3. The monoisotopic (exact) mass is 572 g/mol. The molecule has 0 heterocycles. The van der Waals surface area contributed by atoms with Crippen LogP contribution in [-0.2, 0) is 19.1 Å². The summed E-state index contributed by atoms with van der Waals surface area (Å²) >= 11 is 0. The maximum absolute atomic E-state index is 15.3. The Morgan fingerprint density at radius 1 is 0.550 bits per heavy atom. The third-order valence-corrected chi connectivity index (χ3v) is 8.02. The average Bonchev–Trinajstić information content (AvgIpc) is 2.92. The molecule has 236 valence electrons. The van der Waals surface area contributed by atoms with E-state index in [-0.39, 0.29) is 0 Å². The van der Waals surface area contributed by atoms with E-state index in [1.807, 2.05) is 0 Å². The number of rotatable bonds is 26. The van der Waals surface area contributed by atoms with Gasteiger partial charge in [-0.3, -0.25) is 0 Å². The molecular formula is C34H62F2O4. The van der Waals surface area contributed by atoms with Crippen molar-refractivity contribution in [3.63, 3.8) is 0 Å². The predicted molar refractivity (Wildman–Crippen MR) is 163 cm³/mol. The molecule has 0 aromatic heterocycles. The highest BCUT2D eigenvalue weighted by molar-refractivity contribution is 5.92. The van der Waals surface area contributed by atoms with Gasteiger partial charge < -0.3 is 9.47 Å². The highest BCUT2D eigenvalue weighted by Gasteiger charge is 2.39. The fourth-order valence-electron chi connectivity index (χ4n) is 5.12. The molecule has 0 rings (SSSR count). The van der Waals surface area contributed by atoms with Crippen LogP contribution in [0.1, 0.15) is 170 Å². The van der Waals surface area contributed by atoms with E-state index in [1.54, 1.807) is 13.8 Å². The summed E-state index contributed by atoms with van der Waals surface area (Å²) in [5, 5.41) is 0. The van der Waals surface area contributed by atoms with E-state index < -0.39 is 35.5 Å². The Balaban J connectivity index is 5.30. The number of hydrogen-bond acceptors (Lipinski definition) is 4. The van der Waals surface area contributed by atoms with Crippen LogP contribution in [0.2, 0.25) is 0 Å². The molecule has 4 nitrogen and oxygen atoms in total. The lowest BCUT2D eigenvalue weighted by molar-refractivity contribution is -0.163. The van der Waals surface area contributed by atoms with Crippen LogP contribution in [0.3, 0.4) is 0 Å². The third kappa shape index (κ3) is 17.4. The molecule has 0 amide bonds. The molecule has 6 heteroatoms.